The van der Waals surface area contributed by atoms with Crippen molar-refractivity contribution in [3.63, 3.8) is 0 Å². The molecule has 0 aliphatic heterocycles. The minimum absolute atomic E-state index is 0.240. The summed E-state index contributed by atoms with van der Waals surface area (Å²) in [6, 6.07) is 4.76. The molecule has 0 unspecified atom stereocenters. The van der Waals surface area contributed by atoms with Crippen LogP contribution in [0.4, 0.5) is 13.2 Å². The number of hydrogen-bond donors (Lipinski definition) is 2. The van der Waals surface area contributed by atoms with E-state index in [1.807, 2.05) is 0 Å². The maximum atomic E-state index is 12.8. The maximum absolute atomic E-state index is 12.8. The van der Waals surface area contributed by atoms with Gasteiger partial charge in [-0.15, -0.1) is 0 Å². The van der Waals surface area contributed by atoms with Gasteiger partial charge in [0, 0.05) is 0 Å². The van der Waals surface area contributed by atoms with E-state index in [1.165, 1.54) is 19.1 Å². The molecule has 1 aromatic rings. The highest BCUT2D eigenvalue weighted by atomic mass is 19.4. The number of alkyl halides is 3. The Morgan fingerprint density at radius 3 is 2.43 bits per heavy atom. The standard InChI is InChI=1S/C15H19F3N2O/c1-14(13(19)21,20-9-10-4-2-5-10)11-6-3-7-12(8-11)15(16,17)18/h3,6-8,10,20H,2,4-5,9H2,1H3,(H2,19,21)/t14-/m0/s1. The van der Waals surface area contributed by atoms with Crippen molar-refractivity contribution in [1.29, 1.82) is 0 Å². The largest absolute Gasteiger partial charge is 0.416 e. The van der Waals surface area contributed by atoms with E-state index in [0.29, 0.717) is 12.5 Å². The van der Waals surface area contributed by atoms with E-state index in [0.717, 1.165) is 31.4 Å². The van der Waals surface area contributed by atoms with Crippen LogP contribution in [0.1, 0.15) is 37.3 Å². The molecule has 0 bridgehead atoms. The van der Waals surface area contributed by atoms with Crippen molar-refractivity contribution in [2.45, 2.75) is 37.9 Å². The Morgan fingerprint density at radius 1 is 1.33 bits per heavy atom. The van der Waals surface area contributed by atoms with E-state index in [2.05, 4.69) is 5.32 Å². The van der Waals surface area contributed by atoms with Crippen molar-refractivity contribution in [3.05, 3.63) is 35.4 Å². The molecule has 21 heavy (non-hydrogen) atoms. The summed E-state index contributed by atoms with van der Waals surface area (Å²) < 4.78 is 38.4. The van der Waals surface area contributed by atoms with Crippen molar-refractivity contribution in [2.75, 3.05) is 6.54 Å². The number of hydrogen-bond acceptors (Lipinski definition) is 2. The van der Waals surface area contributed by atoms with Gasteiger partial charge in [0.1, 0.15) is 5.54 Å². The second kappa shape index (κ2) is 5.67. The van der Waals surface area contributed by atoms with Gasteiger partial charge in [-0.05, 0) is 49.9 Å². The first-order valence-corrected chi connectivity index (χ1v) is 6.96. The Balaban J connectivity index is 2.26. The third kappa shape index (κ3) is 3.37. The van der Waals surface area contributed by atoms with Crippen molar-refractivity contribution in [2.24, 2.45) is 11.7 Å². The molecule has 1 atom stereocenters. The highest BCUT2D eigenvalue weighted by molar-refractivity contribution is 5.85. The van der Waals surface area contributed by atoms with Crippen LogP contribution >= 0.6 is 0 Å². The quantitative estimate of drug-likeness (QED) is 0.878. The van der Waals surface area contributed by atoms with Gasteiger partial charge in [0.15, 0.2) is 0 Å². The van der Waals surface area contributed by atoms with Gasteiger partial charge in [0.05, 0.1) is 5.56 Å². The number of carbonyl (C=O) groups is 1. The SMILES string of the molecule is C[C@@](NCC1CCC1)(C(N)=O)c1cccc(C(F)(F)F)c1. The fraction of sp³-hybridized carbons (Fsp3) is 0.533. The average Bonchev–Trinajstić information content (AvgIpc) is 2.35. The fourth-order valence-electron chi connectivity index (χ4n) is 2.38. The molecule has 1 saturated carbocycles. The van der Waals surface area contributed by atoms with Crippen molar-refractivity contribution in [1.82, 2.24) is 5.32 Å². The summed E-state index contributed by atoms with van der Waals surface area (Å²) in [5, 5.41) is 3.05. The smallest absolute Gasteiger partial charge is 0.368 e. The Morgan fingerprint density at radius 2 is 1.95 bits per heavy atom. The van der Waals surface area contributed by atoms with Crippen LogP contribution in [0.25, 0.3) is 0 Å². The van der Waals surface area contributed by atoms with Gasteiger partial charge in [-0.3, -0.25) is 10.1 Å². The lowest BCUT2D eigenvalue weighted by Gasteiger charge is -2.33. The Labute approximate surface area is 121 Å². The highest BCUT2D eigenvalue weighted by Crippen LogP contribution is 2.33. The fourth-order valence-corrected chi connectivity index (χ4v) is 2.38. The summed E-state index contributed by atoms with van der Waals surface area (Å²) in [6.07, 6.45) is -1.14. The lowest BCUT2D eigenvalue weighted by molar-refractivity contribution is -0.138. The zero-order chi connectivity index (χ0) is 15.7. The van der Waals surface area contributed by atoms with E-state index in [4.69, 9.17) is 5.73 Å². The lowest BCUT2D eigenvalue weighted by Crippen LogP contribution is -2.52. The second-order valence-electron chi connectivity index (χ2n) is 5.75. The van der Waals surface area contributed by atoms with E-state index < -0.39 is 23.2 Å². The lowest BCUT2D eigenvalue weighted by atomic mass is 9.83. The van der Waals surface area contributed by atoms with Gasteiger partial charge < -0.3 is 5.73 Å². The summed E-state index contributed by atoms with van der Waals surface area (Å²) in [5.41, 5.74) is 3.59. The molecule has 6 heteroatoms. The van der Waals surface area contributed by atoms with Crippen LogP contribution in [0, 0.1) is 5.92 Å². The Bertz CT molecular complexity index is 526. The topological polar surface area (TPSA) is 55.1 Å². The summed E-state index contributed by atoms with van der Waals surface area (Å²) in [7, 11) is 0. The number of carbonyl (C=O) groups excluding carboxylic acids is 1. The number of rotatable bonds is 5. The first-order chi connectivity index (χ1) is 9.73. The molecule has 1 amide bonds. The average molecular weight is 300 g/mol. The first kappa shape index (κ1) is 15.8. The van der Waals surface area contributed by atoms with Crippen LogP contribution in [-0.2, 0) is 16.5 Å². The number of nitrogens with one attached hydrogen (secondary N) is 1. The summed E-state index contributed by atoms with van der Waals surface area (Å²) in [6.45, 7) is 2.11. The molecule has 0 saturated heterocycles. The Hall–Kier alpha value is -1.56. The second-order valence-corrected chi connectivity index (χ2v) is 5.75. The van der Waals surface area contributed by atoms with Crippen LogP contribution in [0.5, 0.6) is 0 Å². The Kier molecular flexibility index (Phi) is 4.27. The number of nitrogens with two attached hydrogens (primary N) is 1. The number of primary amides is 1. The van der Waals surface area contributed by atoms with E-state index in [1.54, 1.807) is 0 Å². The van der Waals surface area contributed by atoms with Gasteiger partial charge in [-0.1, -0.05) is 18.6 Å². The molecular formula is C15H19F3N2O. The number of halogens is 3. The van der Waals surface area contributed by atoms with Gasteiger partial charge in [-0.25, -0.2) is 0 Å². The van der Waals surface area contributed by atoms with Gasteiger partial charge in [0.2, 0.25) is 5.91 Å². The molecule has 0 radical (unpaired) electrons. The van der Waals surface area contributed by atoms with Crippen LogP contribution in [-0.4, -0.2) is 12.5 Å². The van der Waals surface area contributed by atoms with Crippen molar-refractivity contribution in [3.8, 4) is 0 Å². The molecule has 2 rings (SSSR count). The zero-order valence-electron chi connectivity index (χ0n) is 11.8. The van der Waals surface area contributed by atoms with Crippen LogP contribution in [0.3, 0.4) is 0 Å². The molecule has 0 spiro atoms. The normalized spacial score (nSPS) is 18.9. The number of amides is 1. The first-order valence-electron chi connectivity index (χ1n) is 6.96. The monoisotopic (exact) mass is 300 g/mol. The molecule has 1 fully saturated rings. The number of benzene rings is 1. The molecule has 0 aromatic heterocycles. The van der Waals surface area contributed by atoms with Gasteiger partial charge in [-0.2, -0.15) is 13.2 Å². The molecule has 3 N–H and O–H groups in total. The van der Waals surface area contributed by atoms with Crippen molar-refractivity contribution >= 4 is 5.91 Å². The van der Waals surface area contributed by atoms with E-state index in [9.17, 15) is 18.0 Å². The van der Waals surface area contributed by atoms with E-state index in [-0.39, 0.29) is 5.56 Å². The van der Waals surface area contributed by atoms with Crippen LogP contribution in [0.2, 0.25) is 0 Å². The molecule has 0 heterocycles. The molecule has 1 aliphatic carbocycles. The maximum Gasteiger partial charge on any atom is 0.416 e. The zero-order valence-corrected chi connectivity index (χ0v) is 11.8. The predicted molar refractivity (Wildman–Crippen MR) is 73.3 cm³/mol. The summed E-state index contributed by atoms with van der Waals surface area (Å²) in [5.74, 6) is -0.212. The third-order valence-electron chi connectivity index (χ3n) is 4.23. The van der Waals surface area contributed by atoms with Crippen molar-refractivity contribution < 1.29 is 18.0 Å². The molecule has 116 valence electrons. The summed E-state index contributed by atoms with van der Waals surface area (Å²) >= 11 is 0. The highest BCUT2D eigenvalue weighted by Gasteiger charge is 2.37. The minimum Gasteiger partial charge on any atom is -0.368 e. The molecular weight excluding hydrogens is 281 g/mol. The van der Waals surface area contributed by atoms with Crippen LogP contribution in [0.15, 0.2) is 24.3 Å². The van der Waals surface area contributed by atoms with Gasteiger partial charge >= 0.3 is 6.18 Å². The molecule has 1 aromatic carbocycles. The predicted octanol–water partition coefficient (Wildman–Crippen LogP) is 2.80. The molecule has 3 nitrogen and oxygen atoms in total. The van der Waals surface area contributed by atoms with Crippen LogP contribution < -0.4 is 11.1 Å². The summed E-state index contributed by atoms with van der Waals surface area (Å²) in [4.78, 5) is 11.8. The van der Waals surface area contributed by atoms with Gasteiger partial charge in [0.25, 0.3) is 0 Å². The molecule has 1 aliphatic rings. The minimum atomic E-state index is -4.44. The third-order valence-corrected chi connectivity index (χ3v) is 4.23. The van der Waals surface area contributed by atoms with E-state index >= 15 is 0 Å².